The molecule has 0 spiro atoms. The number of hydrogen-bond acceptors (Lipinski definition) is 16. The summed E-state index contributed by atoms with van der Waals surface area (Å²) in [5, 5.41) is 6.85. The normalized spacial score (nSPS) is 10.9. The number of benzene rings is 4. The Hall–Kier alpha value is -6.88. The largest absolute Gasteiger partial charge is 0.494 e. The number of hydrazone groups is 1. The maximum absolute atomic E-state index is 13.5. The van der Waals surface area contributed by atoms with Crippen LogP contribution in [-0.2, 0) is 28.5 Å². The maximum atomic E-state index is 13.5. The number of carbonyl (C=O) groups excluding carboxylic acids is 4. The van der Waals surface area contributed by atoms with Crippen molar-refractivity contribution in [2.24, 2.45) is 5.10 Å². The van der Waals surface area contributed by atoms with E-state index in [4.69, 9.17) is 48.0 Å². The van der Waals surface area contributed by atoms with Crippen molar-refractivity contribution in [3.05, 3.63) is 133 Å². The Balaban J connectivity index is 1.24. The third kappa shape index (κ3) is 17.3. The molecule has 0 aliphatic heterocycles. The number of nitrogens with zero attached hydrogens (tertiary/aromatic N) is 3. The van der Waals surface area contributed by atoms with Crippen LogP contribution in [0.5, 0.6) is 23.0 Å². The Labute approximate surface area is 388 Å². The molecule has 0 radical (unpaired) electrons. The zero-order chi connectivity index (χ0) is 46.8. The van der Waals surface area contributed by atoms with E-state index >= 15 is 0 Å². The summed E-state index contributed by atoms with van der Waals surface area (Å²) < 4.78 is 45.3. The first kappa shape index (κ1) is 50.1. The first-order valence-corrected chi connectivity index (χ1v) is 22.4. The fourth-order valence-electron chi connectivity index (χ4n) is 5.98. The van der Waals surface area contributed by atoms with Crippen LogP contribution in [0.25, 0.3) is 10.2 Å². The number of carbonyl (C=O) groups is 4. The Morgan fingerprint density at radius 1 is 0.636 bits per heavy atom. The van der Waals surface area contributed by atoms with Crippen LogP contribution in [0.3, 0.4) is 0 Å². The number of fused-ring (bicyclic) bond motifs is 1. The van der Waals surface area contributed by atoms with Crippen LogP contribution in [0.2, 0.25) is 0 Å². The summed E-state index contributed by atoms with van der Waals surface area (Å²) in [4.78, 5) is 53.9. The summed E-state index contributed by atoms with van der Waals surface area (Å²) in [6.07, 6.45) is 10.5. The second kappa shape index (κ2) is 28.1. The molecule has 5 rings (SSSR count). The first-order chi connectivity index (χ1) is 32.3. The summed E-state index contributed by atoms with van der Waals surface area (Å²) in [5.41, 5.74) is 1.71. The minimum Gasteiger partial charge on any atom is -0.494 e. The minimum absolute atomic E-state index is 0.0415. The molecule has 1 heterocycles. The van der Waals surface area contributed by atoms with Crippen molar-refractivity contribution in [1.82, 2.24) is 4.98 Å². The maximum Gasteiger partial charge on any atom is 0.343 e. The summed E-state index contributed by atoms with van der Waals surface area (Å²) in [6.45, 7) is 9.21. The van der Waals surface area contributed by atoms with Crippen LogP contribution in [0.1, 0.15) is 77.6 Å². The van der Waals surface area contributed by atoms with Crippen LogP contribution in [-0.4, -0.2) is 88.6 Å². The number of para-hydroxylation sites is 1. The fraction of sp³-hybridized carbons (Fsp3) is 0.320. The molecule has 0 aliphatic rings. The molecule has 15 nitrogen and oxygen atoms in total. The topological polar surface area (TPSA) is 171 Å². The summed E-state index contributed by atoms with van der Waals surface area (Å²) in [5.74, 6) is -0.530. The Morgan fingerprint density at radius 2 is 1.18 bits per heavy atom. The van der Waals surface area contributed by atoms with Gasteiger partial charge in [0.1, 0.15) is 29.7 Å². The fourth-order valence-corrected chi connectivity index (χ4v) is 6.89. The highest BCUT2D eigenvalue weighted by molar-refractivity contribution is 7.22. The average molecular weight is 922 g/mol. The molecule has 5 aromatic rings. The van der Waals surface area contributed by atoms with Crippen molar-refractivity contribution in [3.8, 4) is 23.0 Å². The molecule has 0 amide bonds. The summed E-state index contributed by atoms with van der Waals surface area (Å²) in [7, 11) is 1.59. The first-order valence-electron chi connectivity index (χ1n) is 21.6. The highest BCUT2D eigenvalue weighted by Crippen LogP contribution is 2.30. The third-order valence-corrected chi connectivity index (χ3v) is 10.5. The Morgan fingerprint density at radius 3 is 1.74 bits per heavy atom. The second-order valence-electron chi connectivity index (χ2n) is 14.4. The number of methoxy groups -OCH3 is 1. The molecule has 0 N–H and O–H groups in total. The molecule has 348 valence electrons. The lowest BCUT2D eigenvalue weighted by molar-refractivity contribution is -0.138. The van der Waals surface area contributed by atoms with E-state index in [0.29, 0.717) is 67.4 Å². The zero-order valence-corrected chi connectivity index (χ0v) is 37.9. The third-order valence-electron chi connectivity index (χ3n) is 9.50. The van der Waals surface area contributed by atoms with Crippen molar-refractivity contribution in [2.45, 2.75) is 51.4 Å². The summed E-state index contributed by atoms with van der Waals surface area (Å²) in [6, 6.07) is 25.6. The van der Waals surface area contributed by atoms with Crippen molar-refractivity contribution in [2.75, 3.05) is 58.5 Å². The van der Waals surface area contributed by atoms with E-state index in [1.807, 2.05) is 24.3 Å². The molecule has 0 saturated carbocycles. The standard InChI is InChI=1S/C50H55N3O12S/c1-4-46(54)62-30-14-8-6-12-28-60-40-22-18-37(19-23-40)48(56)64-42-26-27-44(65-49(57)38-20-24-41(25-21-38)61-29-13-7-9-15-31-63-47(55)5-2)39(34-42)35-51-53(36-59-33-32-58-3)50-52-43-16-10-11-17-45(43)66-50/h4-5,10-11,16-27,34-35H,1-2,6-9,12-15,28-33,36H2,3H3. The highest BCUT2D eigenvalue weighted by Gasteiger charge is 2.17. The van der Waals surface area contributed by atoms with Gasteiger partial charge in [-0.3, -0.25) is 0 Å². The lowest BCUT2D eigenvalue weighted by atomic mass is 10.2. The van der Waals surface area contributed by atoms with Crippen LogP contribution in [0, 0.1) is 0 Å². The smallest absolute Gasteiger partial charge is 0.343 e. The molecular formula is C50H55N3O12S. The van der Waals surface area contributed by atoms with Crippen LogP contribution in [0.4, 0.5) is 5.13 Å². The van der Waals surface area contributed by atoms with Crippen molar-refractivity contribution in [1.29, 1.82) is 0 Å². The molecule has 0 unspecified atom stereocenters. The molecule has 0 atom stereocenters. The molecule has 16 heteroatoms. The monoisotopic (exact) mass is 921 g/mol. The number of ether oxygens (including phenoxy) is 8. The van der Waals surface area contributed by atoms with Gasteiger partial charge in [0.2, 0.25) is 5.13 Å². The predicted molar refractivity (Wildman–Crippen MR) is 252 cm³/mol. The molecule has 1 aromatic heterocycles. The van der Waals surface area contributed by atoms with Gasteiger partial charge in [-0.25, -0.2) is 29.2 Å². The lowest BCUT2D eigenvalue weighted by Crippen LogP contribution is -2.22. The number of anilines is 1. The van der Waals surface area contributed by atoms with Gasteiger partial charge in [-0.15, -0.1) is 0 Å². The molecule has 0 saturated heterocycles. The minimum atomic E-state index is -0.627. The number of thiazole rings is 1. The van der Waals surface area contributed by atoms with Gasteiger partial charge in [-0.2, -0.15) is 5.10 Å². The predicted octanol–water partition coefficient (Wildman–Crippen LogP) is 9.53. The quantitative estimate of drug-likeness (QED) is 0.00811. The average Bonchev–Trinajstić information content (AvgIpc) is 3.78. The van der Waals surface area contributed by atoms with Gasteiger partial charge in [0.15, 0.2) is 0 Å². The van der Waals surface area contributed by atoms with Gasteiger partial charge in [-0.1, -0.05) is 36.6 Å². The number of aromatic nitrogens is 1. The van der Waals surface area contributed by atoms with Crippen LogP contribution >= 0.6 is 11.3 Å². The number of rotatable bonds is 30. The van der Waals surface area contributed by atoms with E-state index < -0.39 is 23.9 Å². The van der Waals surface area contributed by atoms with Gasteiger partial charge < -0.3 is 37.9 Å². The van der Waals surface area contributed by atoms with Crippen molar-refractivity contribution >= 4 is 56.8 Å². The van der Waals surface area contributed by atoms with Gasteiger partial charge in [0.05, 0.1) is 67.2 Å². The highest BCUT2D eigenvalue weighted by atomic mass is 32.1. The van der Waals surface area contributed by atoms with Gasteiger partial charge in [-0.05, 0) is 130 Å². The molecule has 66 heavy (non-hydrogen) atoms. The zero-order valence-electron chi connectivity index (χ0n) is 37.1. The van der Waals surface area contributed by atoms with Crippen molar-refractivity contribution < 1.29 is 57.1 Å². The van der Waals surface area contributed by atoms with Gasteiger partial charge in [0.25, 0.3) is 0 Å². The van der Waals surface area contributed by atoms with Crippen molar-refractivity contribution in [3.63, 3.8) is 0 Å². The second-order valence-corrected chi connectivity index (χ2v) is 15.4. The van der Waals surface area contributed by atoms with E-state index in [0.717, 1.165) is 73.7 Å². The van der Waals surface area contributed by atoms with E-state index in [-0.39, 0.29) is 23.8 Å². The van der Waals surface area contributed by atoms with Gasteiger partial charge in [0, 0.05) is 24.8 Å². The van der Waals surface area contributed by atoms with E-state index in [9.17, 15) is 19.2 Å². The number of esters is 4. The number of hydrogen-bond donors (Lipinski definition) is 0. The van der Waals surface area contributed by atoms with Gasteiger partial charge >= 0.3 is 23.9 Å². The Bertz CT molecular complexity index is 2330. The lowest BCUT2D eigenvalue weighted by Gasteiger charge is -2.16. The van der Waals surface area contributed by atoms with E-state index in [1.165, 1.54) is 29.7 Å². The molecule has 0 fully saturated rings. The van der Waals surface area contributed by atoms with E-state index in [2.05, 4.69) is 13.2 Å². The SMILES string of the molecule is C=CC(=O)OCCCCCCOc1ccc(C(=O)Oc2ccc(OC(=O)c3ccc(OCCCCCCOC(=O)C=C)cc3)c(C=NN(COCCOC)c3nc4ccccc4s3)c2)cc1. The van der Waals surface area contributed by atoms with Crippen LogP contribution < -0.4 is 24.0 Å². The molecule has 0 aliphatic carbocycles. The molecular weight excluding hydrogens is 867 g/mol. The summed E-state index contributed by atoms with van der Waals surface area (Å²) >= 11 is 1.43. The number of unbranched alkanes of at least 4 members (excludes halogenated alkanes) is 6. The van der Waals surface area contributed by atoms with E-state index in [1.54, 1.807) is 66.7 Å². The molecule has 0 bridgehead atoms. The molecule has 4 aromatic carbocycles. The Kier molecular flexibility index (Phi) is 21.4. The van der Waals surface area contributed by atoms with Crippen LogP contribution in [0.15, 0.2) is 121 Å².